The fourth-order valence-corrected chi connectivity index (χ4v) is 5.67. The van der Waals surface area contributed by atoms with Gasteiger partial charge in [0.15, 0.2) is 0 Å². The second kappa shape index (κ2) is 4.11. The molecule has 3 atom stereocenters. The summed E-state index contributed by atoms with van der Waals surface area (Å²) in [6.45, 7) is 4.06. The van der Waals surface area contributed by atoms with E-state index in [4.69, 9.17) is 0 Å². The molecule has 100 valence electrons. The van der Waals surface area contributed by atoms with E-state index in [1.165, 1.54) is 38.5 Å². The lowest BCUT2D eigenvalue weighted by molar-refractivity contribution is -0.133. The number of rotatable bonds is 3. The zero-order valence-corrected chi connectivity index (χ0v) is 11.5. The first-order chi connectivity index (χ1) is 8.54. The van der Waals surface area contributed by atoms with Crippen LogP contribution < -0.4 is 0 Å². The van der Waals surface area contributed by atoms with E-state index >= 15 is 0 Å². The molecule has 18 heavy (non-hydrogen) atoms. The summed E-state index contributed by atoms with van der Waals surface area (Å²) in [7, 11) is 0. The number of hydrogen-bond acceptors (Lipinski definition) is 1. The predicted molar refractivity (Wildman–Crippen MR) is 71.2 cm³/mol. The Labute approximate surface area is 109 Å². The van der Waals surface area contributed by atoms with Crippen LogP contribution >= 0.6 is 0 Å². The van der Waals surface area contributed by atoms with Crippen LogP contribution in [0, 0.1) is 29.1 Å². The maximum atomic E-state index is 11.2. The van der Waals surface area contributed by atoms with Crippen molar-refractivity contribution in [1.82, 2.24) is 0 Å². The van der Waals surface area contributed by atoms with E-state index in [1.54, 1.807) is 6.92 Å². The monoisotopic (exact) mass is 248 g/mol. The Morgan fingerprint density at radius 1 is 1.28 bits per heavy atom. The molecule has 4 fully saturated rings. The molecule has 3 unspecified atom stereocenters. The molecule has 4 saturated carbocycles. The summed E-state index contributed by atoms with van der Waals surface area (Å²) >= 11 is 0. The van der Waals surface area contributed by atoms with Crippen LogP contribution in [0.25, 0.3) is 0 Å². The Bertz CT molecular complexity index is 382. The molecule has 0 aromatic heterocycles. The van der Waals surface area contributed by atoms with Crippen molar-refractivity contribution >= 4 is 5.97 Å². The maximum absolute atomic E-state index is 11.2. The molecule has 2 nitrogen and oxygen atoms in total. The summed E-state index contributed by atoms with van der Waals surface area (Å²) in [6.07, 6.45) is 10.1. The molecule has 4 aliphatic carbocycles. The molecule has 0 heterocycles. The lowest BCUT2D eigenvalue weighted by Gasteiger charge is -2.60. The number of aliphatic carboxylic acids is 1. The minimum absolute atomic E-state index is 0.228. The maximum Gasteiger partial charge on any atom is 0.330 e. The zero-order valence-electron chi connectivity index (χ0n) is 11.5. The van der Waals surface area contributed by atoms with E-state index in [0.29, 0.717) is 5.57 Å². The third kappa shape index (κ3) is 1.72. The van der Waals surface area contributed by atoms with Crippen molar-refractivity contribution in [1.29, 1.82) is 0 Å². The van der Waals surface area contributed by atoms with Gasteiger partial charge in [0.25, 0.3) is 0 Å². The molecule has 4 rings (SSSR count). The van der Waals surface area contributed by atoms with Crippen molar-refractivity contribution in [2.45, 2.75) is 52.4 Å². The predicted octanol–water partition coefficient (Wildman–Crippen LogP) is 3.87. The van der Waals surface area contributed by atoms with Crippen molar-refractivity contribution in [3.8, 4) is 0 Å². The summed E-state index contributed by atoms with van der Waals surface area (Å²) in [4.78, 5) is 11.2. The molecule has 1 N–H and O–H groups in total. The number of carbonyl (C=O) groups is 1. The van der Waals surface area contributed by atoms with Crippen molar-refractivity contribution in [3.63, 3.8) is 0 Å². The molecule has 4 aliphatic rings. The average Bonchev–Trinajstić information content (AvgIpc) is 2.27. The summed E-state index contributed by atoms with van der Waals surface area (Å²) in [6, 6.07) is 0. The lowest BCUT2D eigenvalue weighted by Crippen LogP contribution is -2.51. The first kappa shape index (κ1) is 12.3. The van der Waals surface area contributed by atoms with Gasteiger partial charge >= 0.3 is 5.97 Å². The molecule has 0 saturated heterocycles. The van der Waals surface area contributed by atoms with E-state index in [-0.39, 0.29) is 5.41 Å². The van der Waals surface area contributed by atoms with Gasteiger partial charge in [-0.3, -0.25) is 0 Å². The molecule has 0 aromatic rings. The fraction of sp³-hybridized carbons (Fsp3) is 0.812. The van der Waals surface area contributed by atoms with Crippen LogP contribution in [0.3, 0.4) is 0 Å². The first-order valence-electron chi connectivity index (χ1n) is 7.47. The largest absolute Gasteiger partial charge is 0.478 e. The minimum Gasteiger partial charge on any atom is -0.478 e. The molecule has 4 bridgehead atoms. The standard InChI is InChI=1S/C16H24O2/c1-3-14-13-5-11-4-12(6-13)9-16(14,8-11)7-10(2)15(17)18/h7,11-14H,3-6,8-9H2,1-2H3,(H,17,18)/b10-7+. The van der Waals surface area contributed by atoms with Gasteiger partial charge in [-0.25, -0.2) is 4.79 Å². The highest BCUT2D eigenvalue weighted by atomic mass is 16.4. The molecular formula is C16H24O2. The van der Waals surface area contributed by atoms with E-state index in [1.807, 2.05) is 0 Å². The molecule has 0 amide bonds. The summed E-state index contributed by atoms with van der Waals surface area (Å²) in [5, 5.41) is 9.17. The van der Waals surface area contributed by atoms with Crippen molar-refractivity contribution in [2.24, 2.45) is 29.1 Å². The number of carboxylic acid groups (broad SMARTS) is 1. The van der Waals surface area contributed by atoms with E-state index in [2.05, 4.69) is 13.0 Å². The first-order valence-corrected chi connectivity index (χ1v) is 7.47. The van der Waals surface area contributed by atoms with Gasteiger partial charge in [-0.05, 0) is 68.1 Å². The van der Waals surface area contributed by atoms with Gasteiger partial charge in [-0.2, -0.15) is 0 Å². The van der Waals surface area contributed by atoms with Crippen LogP contribution in [-0.4, -0.2) is 11.1 Å². The summed E-state index contributed by atoms with van der Waals surface area (Å²) in [5.41, 5.74) is 0.793. The second-order valence-corrected chi connectivity index (χ2v) is 6.99. The van der Waals surface area contributed by atoms with Gasteiger partial charge in [0.1, 0.15) is 0 Å². The smallest absolute Gasteiger partial charge is 0.330 e. The molecule has 0 radical (unpaired) electrons. The molecule has 0 spiro atoms. The summed E-state index contributed by atoms with van der Waals surface area (Å²) in [5.74, 6) is 2.63. The molecule has 0 aliphatic heterocycles. The zero-order chi connectivity index (χ0) is 12.9. The van der Waals surface area contributed by atoms with Crippen LogP contribution in [0.2, 0.25) is 0 Å². The summed E-state index contributed by atoms with van der Waals surface area (Å²) < 4.78 is 0. The second-order valence-electron chi connectivity index (χ2n) is 6.99. The van der Waals surface area contributed by atoms with Crippen LogP contribution in [0.15, 0.2) is 11.6 Å². The Morgan fingerprint density at radius 2 is 1.89 bits per heavy atom. The Morgan fingerprint density at radius 3 is 2.39 bits per heavy atom. The van der Waals surface area contributed by atoms with Crippen molar-refractivity contribution in [2.75, 3.05) is 0 Å². The van der Waals surface area contributed by atoms with Crippen molar-refractivity contribution in [3.05, 3.63) is 11.6 Å². The topological polar surface area (TPSA) is 37.3 Å². The van der Waals surface area contributed by atoms with Gasteiger partial charge < -0.3 is 5.11 Å². The lowest BCUT2D eigenvalue weighted by atomic mass is 9.44. The van der Waals surface area contributed by atoms with Gasteiger partial charge in [-0.1, -0.05) is 19.4 Å². The van der Waals surface area contributed by atoms with Gasteiger partial charge in [0.2, 0.25) is 0 Å². The third-order valence-electron chi connectivity index (χ3n) is 5.86. The van der Waals surface area contributed by atoms with Gasteiger partial charge in [0, 0.05) is 5.57 Å². The van der Waals surface area contributed by atoms with Crippen LogP contribution in [0.5, 0.6) is 0 Å². The number of allylic oxidation sites excluding steroid dienone is 1. The SMILES string of the molecule is CCC1C2CC3CC(C2)CC1(/C=C(\C)C(=O)O)C3. The van der Waals surface area contributed by atoms with Gasteiger partial charge in [-0.15, -0.1) is 0 Å². The highest BCUT2D eigenvalue weighted by Crippen LogP contribution is 2.64. The Hall–Kier alpha value is -0.790. The highest BCUT2D eigenvalue weighted by molar-refractivity contribution is 5.85. The van der Waals surface area contributed by atoms with Crippen LogP contribution in [0.1, 0.15) is 52.4 Å². The number of hydrogen-bond donors (Lipinski definition) is 1. The number of carboxylic acids is 1. The van der Waals surface area contributed by atoms with Crippen molar-refractivity contribution < 1.29 is 9.90 Å². The minimum atomic E-state index is -0.736. The Kier molecular flexibility index (Phi) is 2.80. The quantitative estimate of drug-likeness (QED) is 0.770. The van der Waals surface area contributed by atoms with Crippen LogP contribution in [-0.2, 0) is 4.79 Å². The van der Waals surface area contributed by atoms with E-state index < -0.39 is 5.97 Å². The van der Waals surface area contributed by atoms with Gasteiger partial charge in [0.05, 0.1) is 0 Å². The third-order valence-corrected chi connectivity index (χ3v) is 5.86. The molecule has 0 aromatic carbocycles. The molecule has 2 heteroatoms. The van der Waals surface area contributed by atoms with E-state index in [9.17, 15) is 9.90 Å². The fourth-order valence-electron chi connectivity index (χ4n) is 5.67. The van der Waals surface area contributed by atoms with Crippen LogP contribution in [0.4, 0.5) is 0 Å². The molecular weight excluding hydrogens is 224 g/mol. The Balaban J connectivity index is 1.97. The average molecular weight is 248 g/mol. The normalized spacial score (nSPS) is 46.4. The highest BCUT2D eigenvalue weighted by Gasteiger charge is 2.55. The van der Waals surface area contributed by atoms with E-state index in [0.717, 1.165) is 23.7 Å².